The van der Waals surface area contributed by atoms with Crippen LogP contribution in [-0.2, 0) is 10.2 Å². The number of carbonyl (C=O) groups excluding carboxylic acids is 1. The second kappa shape index (κ2) is 6.72. The molecule has 0 unspecified atom stereocenters. The molecule has 5 nitrogen and oxygen atoms in total. The molecule has 1 aliphatic carbocycles. The molecule has 1 atom stereocenters. The van der Waals surface area contributed by atoms with Crippen LogP contribution in [0.15, 0.2) is 35.3 Å². The predicted octanol–water partition coefficient (Wildman–Crippen LogP) is 3.56. The molecule has 0 spiro atoms. The van der Waals surface area contributed by atoms with E-state index >= 15 is 0 Å². The molecule has 4 rings (SSSR count). The molecule has 0 radical (unpaired) electrons. The minimum Gasteiger partial charge on any atom is -0.347 e. The lowest BCUT2D eigenvalue weighted by molar-refractivity contribution is -0.124. The Morgan fingerprint density at radius 1 is 1.24 bits per heavy atom. The molecule has 0 aliphatic heterocycles. The maximum atomic E-state index is 14.2. The first-order chi connectivity index (χ1) is 13.7. The molecule has 1 aromatic carbocycles. The molecule has 1 fully saturated rings. The van der Waals surface area contributed by atoms with Crippen LogP contribution in [0.1, 0.15) is 42.6 Å². The van der Waals surface area contributed by atoms with Gasteiger partial charge in [-0.05, 0) is 56.5 Å². The fourth-order valence-corrected chi connectivity index (χ4v) is 3.72. The summed E-state index contributed by atoms with van der Waals surface area (Å²) in [6.45, 7) is 3.40. The van der Waals surface area contributed by atoms with E-state index in [0.29, 0.717) is 24.1 Å². The third-order valence-corrected chi connectivity index (χ3v) is 5.46. The molecule has 3 aromatic rings. The zero-order valence-corrected chi connectivity index (χ0v) is 15.8. The van der Waals surface area contributed by atoms with Crippen LogP contribution in [-0.4, -0.2) is 15.9 Å². The van der Waals surface area contributed by atoms with Crippen LogP contribution in [0, 0.1) is 24.4 Å². The van der Waals surface area contributed by atoms with Crippen LogP contribution in [0.2, 0.25) is 0 Å². The van der Waals surface area contributed by atoms with Crippen LogP contribution in [0.3, 0.4) is 0 Å². The number of aromatic nitrogens is 2. The first-order valence-electron chi connectivity index (χ1n) is 9.17. The van der Waals surface area contributed by atoms with Gasteiger partial charge in [-0.1, -0.05) is 0 Å². The SMILES string of the molecule is Cc1cc(F)cnc1[C@@H](C)NC(=O)C1(c2cc3c(F)c(F)ccc3[nH]c2=O)CC1. The van der Waals surface area contributed by atoms with Crippen molar-refractivity contribution in [3.8, 4) is 0 Å². The maximum Gasteiger partial charge on any atom is 0.252 e. The van der Waals surface area contributed by atoms with Crippen LogP contribution in [0.4, 0.5) is 13.2 Å². The normalized spacial score (nSPS) is 15.9. The fourth-order valence-electron chi connectivity index (χ4n) is 3.72. The Bertz CT molecular complexity index is 1200. The lowest BCUT2D eigenvalue weighted by Crippen LogP contribution is -2.39. The van der Waals surface area contributed by atoms with Crippen LogP contribution in [0.5, 0.6) is 0 Å². The van der Waals surface area contributed by atoms with Crippen LogP contribution >= 0.6 is 0 Å². The summed E-state index contributed by atoms with van der Waals surface area (Å²) in [5.41, 5.74) is -0.265. The number of hydrogen-bond acceptors (Lipinski definition) is 3. The van der Waals surface area contributed by atoms with E-state index in [0.717, 1.165) is 12.3 Å². The highest BCUT2D eigenvalue weighted by Crippen LogP contribution is 2.48. The van der Waals surface area contributed by atoms with Crippen molar-refractivity contribution in [3.05, 3.63) is 75.1 Å². The molecule has 1 saturated carbocycles. The molecule has 1 amide bonds. The zero-order chi connectivity index (χ0) is 20.9. The molecule has 0 bridgehead atoms. The average molecular weight is 401 g/mol. The second-order valence-electron chi connectivity index (χ2n) is 7.47. The Morgan fingerprint density at radius 3 is 2.62 bits per heavy atom. The van der Waals surface area contributed by atoms with E-state index < -0.39 is 40.4 Å². The summed E-state index contributed by atoms with van der Waals surface area (Å²) in [6, 6.07) is 4.28. The Labute approximate surface area is 164 Å². The van der Waals surface area contributed by atoms with Crippen molar-refractivity contribution in [1.82, 2.24) is 15.3 Å². The molecule has 8 heteroatoms. The highest BCUT2D eigenvalue weighted by Gasteiger charge is 2.53. The van der Waals surface area contributed by atoms with Gasteiger partial charge in [0, 0.05) is 10.9 Å². The quantitative estimate of drug-likeness (QED) is 0.702. The fraction of sp³-hybridized carbons (Fsp3) is 0.286. The summed E-state index contributed by atoms with van der Waals surface area (Å²) in [7, 11) is 0. The third-order valence-electron chi connectivity index (χ3n) is 5.46. The van der Waals surface area contributed by atoms with Crippen molar-refractivity contribution in [3.63, 3.8) is 0 Å². The standard InChI is InChI=1S/C21H18F3N3O2/c1-10-7-12(22)9-25-18(10)11(2)26-20(29)21(5-6-21)14-8-13-16(27-19(14)28)4-3-15(23)17(13)24/h3-4,7-9,11H,5-6H2,1-2H3,(H,26,29)(H,27,28)/t11-/m1/s1. The Balaban J connectivity index is 1.68. The minimum absolute atomic E-state index is 0.0808. The number of fused-ring (bicyclic) bond motifs is 1. The van der Waals surface area contributed by atoms with Gasteiger partial charge in [0.05, 0.1) is 28.9 Å². The Morgan fingerprint density at radius 2 is 1.97 bits per heavy atom. The van der Waals surface area contributed by atoms with E-state index in [-0.39, 0.29) is 16.5 Å². The molecular weight excluding hydrogens is 383 g/mol. The third kappa shape index (κ3) is 3.18. The molecule has 150 valence electrons. The van der Waals surface area contributed by atoms with E-state index in [9.17, 15) is 22.8 Å². The van der Waals surface area contributed by atoms with Crippen molar-refractivity contribution in [2.45, 2.75) is 38.1 Å². The number of benzene rings is 1. The van der Waals surface area contributed by atoms with Gasteiger partial charge in [0.2, 0.25) is 5.91 Å². The number of halogens is 3. The van der Waals surface area contributed by atoms with Gasteiger partial charge in [0.25, 0.3) is 5.56 Å². The summed E-state index contributed by atoms with van der Waals surface area (Å²) >= 11 is 0. The number of amides is 1. The molecule has 2 N–H and O–H groups in total. The molecule has 0 saturated heterocycles. The predicted molar refractivity (Wildman–Crippen MR) is 101 cm³/mol. The number of aromatic amines is 1. The number of hydrogen-bond donors (Lipinski definition) is 2. The summed E-state index contributed by atoms with van der Waals surface area (Å²) < 4.78 is 41.1. The lowest BCUT2D eigenvalue weighted by atomic mass is 9.94. The summed E-state index contributed by atoms with van der Waals surface area (Å²) in [4.78, 5) is 32.1. The van der Waals surface area contributed by atoms with Crippen molar-refractivity contribution in [2.24, 2.45) is 0 Å². The Hall–Kier alpha value is -3.16. The van der Waals surface area contributed by atoms with Gasteiger partial charge < -0.3 is 10.3 Å². The van der Waals surface area contributed by atoms with Gasteiger partial charge >= 0.3 is 0 Å². The largest absolute Gasteiger partial charge is 0.347 e. The number of carbonyl (C=O) groups is 1. The summed E-state index contributed by atoms with van der Waals surface area (Å²) in [5.74, 6) is -2.98. The Kier molecular flexibility index (Phi) is 4.44. The number of nitrogens with zero attached hydrogens (tertiary/aromatic N) is 1. The zero-order valence-electron chi connectivity index (χ0n) is 15.8. The van der Waals surface area contributed by atoms with Gasteiger partial charge in [0.15, 0.2) is 11.6 Å². The van der Waals surface area contributed by atoms with Crippen molar-refractivity contribution in [2.75, 3.05) is 0 Å². The van der Waals surface area contributed by atoms with Gasteiger partial charge in [-0.25, -0.2) is 13.2 Å². The van der Waals surface area contributed by atoms with E-state index in [4.69, 9.17) is 0 Å². The van der Waals surface area contributed by atoms with E-state index in [1.54, 1.807) is 13.8 Å². The van der Waals surface area contributed by atoms with Gasteiger partial charge in [-0.3, -0.25) is 14.6 Å². The molecular formula is C21H18F3N3O2. The first kappa shape index (κ1) is 19.2. The maximum absolute atomic E-state index is 14.2. The molecule has 2 aromatic heterocycles. The number of pyridine rings is 2. The van der Waals surface area contributed by atoms with Crippen molar-refractivity contribution >= 4 is 16.8 Å². The monoisotopic (exact) mass is 401 g/mol. The highest BCUT2D eigenvalue weighted by atomic mass is 19.2. The molecule has 2 heterocycles. The summed E-state index contributed by atoms with van der Waals surface area (Å²) in [6.07, 6.45) is 1.89. The minimum atomic E-state index is -1.11. The van der Waals surface area contributed by atoms with Gasteiger partial charge in [-0.15, -0.1) is 0 Å². The first-order valence-corrected chi connectivity index (χ1v) is 9.17. The molecule has 29 heavy (non-hydrogen) atoms. The van der Waals surface area contributed by atoms with E-state index in [1.165, 1.54) is 18.2 Å². The van der Waals surface area contributed by atoms with Crippen LogP contribution in [0.25, 0.3) is 10.9 Å². The second-order valence-corrected chi connectivity index (χ2v) is 7.47. The van der Waals surface area contributed by atoms with E-state index in [2.05, 4.69) is 15.3 Å². The van der Waals surface area contributed by atoms with Crippen molar-refractivity contribution in [1.29, 1.82) is 0 Å². The molecule has 1 aliphatic rings. The number of nitrogens with one attached hydrogen (secondary N) is 2. The number of rotatable bonds is 4. The van der Waals surface area contributed by atoms with Crippen molar-refractivity contribution < 1.29 is 18.0 Å². The summed E-state index contributed by atoms with van der Waals surface area (Å²) in [5, 5.41) is 2.73. The topological polar surface area (TPSA) is 74.8 Å². The average Bonchev–Trinajstić information content (AvgIpc) is 3.46. The number of H-pyrrole nitrogens is 1. The van der Waals surface area contributed by atoms with E-state index in [1.807, 2.05) is 0 Å². The van der Waals surface area contributed by atoms with Crippen LogP contribution < -0.4 is 10.9 Å². The van der Waals surface area contributed by atoms with Gasteiger partial charge in [0.1, 0.15) is 5.82 Å². The van der Waals surface area contributed by atoms with Gasteiger partial charge in [-0.2, -0.15) is 0 Å². The number of aryl methyl sites for hydroxylation is 1. The smallest absolute Gasteiger partial charge is 0.252 e. The lowest BCUT2D eigenvalue weighted by Gasteiger charge is -2.20. The highest BCUT2D eigenvalue weighted by molar-refractivity contribution is 5.93.